The van der Waals surface area contributed by atoms with Crippen LogP contribution in [-0.2, 0) is 0 Å². The third-order valence-electron chi connectivity index (χ3n) is 2.74. The first-order valence-corrected chi connectivity index (χ1v) is 4.11. The minimum atomic E-state index is 0.193. The number of hydrogen-bond acceptors (Lipinski definition) is 2. The lowest BCUT2D eigenvalue weighted by Crippen LogP contribution is -2.31. The highest BCUT2D eigenvalue weighted by molar-refractivity contribution is 5.13. The van der Waals surface area contributed by atoms with Crippen molar-refractivity contribution in [1.29, 1.82) is 5.26 Å². The van der Waals surface area contributed by atoms with Crippen molar-refractivity contribution in [3.8, 4) is 6.07 Å². The Balaban J connectivity index is 2.02. The molecule has 1 saturated carbocycles. The second-order valence-electron chi connectivity index (χ2n) is 3.48. The van der Waals surface area contributed by atoms with Crippen LogP contribution >= 0.6 is 0 Å². The van der Waals surface area contributed by atoms with Crippen molar-refractivity contribution in [2.24, 2.45) is 11.8 Å². The molecule has 0 spiro atoms. The van der Waals surface area contributed by atoms with E-state index in [-0.39, 0.29) is 6.04 Å². The lowest BCUT2D eigenvalue weighted by molar-refractivity contribution is 0.288. The van der Waals surface area contributed by atoms with E-state index in [0.29, 0.717) is 5.92 Å². The molecule has 0 N–H and O–H groups in total. The summed E-state index contributed by atoms with van der Waals surface area (Å²) >= 11 is 0. The smallest absolute Gasteiger partial charge is 0.101 e. The highest BCUT2D eigenvalue weighted by atomic mass is 15.2. The van der Waals surface area contributed by atoms with Crippen LogP contribution in [0.1, 0.15) is 6.42 Å². The summed E-state index contributed by atoms with van der Waals surface area (Å²) < 4.78 is 0. The fraction of sp³-hybridized carbons (Fsp3) is 0.667. The lowest BCUT2D eigenvalue weighted by Gasteiger charge is -2.19. The topological polar surface area (TPSA) is 27.0 Å². The van der Waals surface area contributed by atoms with Crippen LogP contribution in [0, 0.1) is 23.2 Å². The fourth-order valence-electron chi connectivity index (χ4n) is 2.08. The van der Waals surface area contributed by atoms with Crippen molar-refractivity contribution < 1.29 is 0 Å². The zero-order valence-corrected chi connectivity index (χ0v) is 6.53. The summed E-state index contributed by atoms with van der Waals surface area (Å²) in [5.74, 6) is 1.53. The van der Waals surface area contributed by atoms with E-state index in [1.54, 1.807) is 0 Å². The van der Waals surface area contributed by atoms with Gasteiger partial charge in [-0.05, 0) is 18.3 Å². The largest absolute Gasteiger partial charge is 0.284 e. The summed E-state index contributed by atoms with van der Waals surface area (Å²) in [6.07, 6.45) is 3.17. The number of nitrogens with zero attached hydrogens (tertiary/aromatic N) is 2. The second-order valence-corrected chi connectivity index (χ2v) is 3.48. The third-order valence-corrected chi connectivity index (χ3v) is 2.74. The Bertz CT molecular complexity index is 216. The molecule has 0 radical (unpaired) electrons. The first-order valence-electron chi connectivity index (χ1n) is 4.11. The Morgan fingerprint density at radius 2 is 2.55 bits per heavy atom. The molecule has 3 unspecified atom stereocenters. The van der Waals surface area contributed by atoms with Crippen LogP contribution in [-0.4, -0.2) is 24.0 Å². The van der Waals surface area contributed by atoms with Gasteiger partial charge in [-0.25, -0.2) is 0 Å². The van der Waals surface area contributed by atoms with E-state index >= 15 is 0 Å². The number of likely N-dealkylation sites (tertiary alicyclic amines) is 1. The Hall–Kier alpha value is -0.810. The number of hydrogen-bond donors (Lipinski definition) is 0. The summed E-state index contributed by atoms with van der Waals surface area (Å²) in [6.45, 7) is 5.68. The molecule has 0 bridgehead atoms. The van der Waals surface area contributed by atoms with Gasteiger partial charge in [0.25, 0.3) is 0 Å². The van der Waals surface area contributed by atoms with Crippen molar-refractivity contribution in [2.45, 2.75) is 12.5 Å². The summed E-state index contributed by atoms with van der Waals surface area (Å²) in [7, 11) is 0. The van der Waals surface area contributed by atoms with Crippen molar-refractivity contribution in [1.82, 2.24) is 4.90 Å². The maximum Gasteiger partial charge on any atom is 0.101 e. The first-order chi connectivity index (χ1) is 5.36. The maximum atomic E-state index is 8.83. The zero-order chi connectivity index (χ0) is 7.84. The molecule has 2 nitrogen and oxygen atoms in total. The van der Waals surface area contributed by atoms with Crippen LogP contribution in [0.2, 0.25) is 0 Å². The molecule has 2 heteroatoms. The van der Waals surface area contributed by atoms with Gasteiger partial charge in [-0.3, -0.25) is 4.90 Å². The first kappa shape index (κ1) is 6.87. The highest BCUT2D eigenvalue weighted by Gasteiger charge is 2.52. The SMILES string of the molecule is C=CCN1CC2CC2C1C#N. The minimum Gasteiger partial charge on any atom is -0.284 e. The summed E-state index contributed by atoms with van der Waals surface area (Å²) in [5.41, 5.74) is 0. The molecular weight excluding hydrogens is 136 g/mol. The van der Waals surface area contributed by atoms with Crippen LogP contribution in [0.15, 0.2) is 12.7 Å². The van der Waals surface area contributed by atoms with E-state index in [1.807, 2.05) is 6.08 Å². The molecule has 58 valence electrons. The quantitative estimate of drug-likeness (QED) is 0.546. The van der Waals surface area contributed by atoms with E-state index in [0.717, 1.165) is 19.0 Å². The van der Waals surface area contributed by atoms with Crippen LogP contribution in [0.25, 0.3) is 0 Å². The van der Waals surface area contributed by atoms with Crippen LogP contribution in [0.4, 0.5) is 0 Å². The standard InChI is InChI=1S/C9H12N2/c1-2-3-11-6-7-4-8(7)9(11)5-10/h2,7-9H,1,3-4,6H2. The molecule has 0 aromatic carbocycles. The molecule has 1 aliphatic heterocycles. The monoisotopic (exact) mass is 148 g/mol. The Morgan fingerprint density at radius 1 is 1.73 bits per heavy atom. The lowest BCUT2D eigenvalue weighted by atomic mass is 10.2. The van der Waals surface area contributed by atoms with Crippen molar-refractivity contribution in [3.63, 3.8) is 0 Å². The van der Waals surface area contributed by atoms with Crippen LogP contribution in [0.3, 0.4) is 0 Å². The van der Waals surface area contributed by atoms with Gasteiger partial charge in [0.1, 0.15) is 6.04 Å². The third kappa shape index (κ3) is 0.965. The van der Waals surface area contributed by atoms with Gasteiger partial charge in [0.2, 0.25) is 0 Å². The van der Waals surface area contributed by atoms with Gasteiger partial charge < -0.3 is 0 Å². The number of nitriles is 1. The van der Waals surface area contributed by atoms with Gasteiger partial charge in [-0.15, -0.1) is 6.58 Å². The number of piperidine rings is 1. The van der Waals surface area contributed by atoms with E-state index < -0.39 is 0 Å². The molecule has 1 heterocycles. The Labute approximate surface area is 67.1 Å². The number of rotatable bonds is 2. The highest BCUT2D eigenvalue weighted by Crippen LogP contribution is 2.48. The molecular formula is C9H12N2. The molecule has 1 saturated heterocycles. The zero-order valence-electron chi connectivity index (χ0n) is 6.53. The van der Waals surface area contributed by atoms with Gasteiger partial charge in [0.05, 0.1) is 6.07 Å². The molecule has 1 aliphatic carbocycles. The van der Waals surface area contributed by atoms with Crippen molar-refractivity contribution in [2.75, 3.05) is 13.1 Å². The Morgan fingerprint density at radius 3 is 3.18 bits per heavy atom. The maximum absolute atomic E-state index is 8.83. The van der Waals surface area contributed by atoms with Gasteiger partial charge in [0.15, 0.2) is 0 Å². The second kappa shape index (κ2) is 2.35. The van der Waals surface area contributed by atoms with Gasteiger partial charge in [-0.1, -0.05) is 6.08 Å². The molecule has 3 atom stereocenters. The molecule has 0 aromatic rings. The van der Waals surface area contributed by atoms with E-state index in [1.165, 1.54) is 6.42 Å². The van der Waals surface area contributed by atoms with Gasteiger partial charge >= 0.3 is 0 Å². The van der Waals surface area contributed by atoms with E-state index in [2.05, 4.69) is 17.5 Å². The average molecular weight is 148 g/mol. The van der Waals surface area contributed by atoms with Gasteiger partial charge in [0, 0.05) is 13.1 Å². The predicted octanol–water partition coefficient (Wildman–Crippen LogP) is 1.02. The molecule has 0 amide bonds. The Kier molecular flexibility index (Phi) is 1.47. The molecule has 0 aromatic heterocycles. The average Bonchev–Trinajstić information content (AvgIpc) is 2.65. The molecule has 2 aliphatic rings. The molecule has 2 fully saturated rings. The minimum absolute atomic E-state index is 0.193. The van der Waals surface area contributed by atoms with E-state index in [4.69, 9.17) is 5.26 Å². The van der Waals surface area contributed by atoms with Gasteiger partial charge in [-0.2, -0.15) is 5.26 Å². The molecule has 2 rings (SSSR count). The predicted molar refractivity (Wildman–Crippen MR) is 42.8 cm³/mol. The normalized spacial score (nSPS) is 41.2. The molecule has 11 heavy (non-hydrogen) atoms. The van der Waals surface area contributed by atoms with Crippen LogP contribution in [0.5, 0.6) is 0 Å². The van der Waals surface area contributed by atoms with Crippen molar-refractivity contribution >= 4 is 0 Å². The number of fused-ring (bicyclic) bond motifs is 1. The summed E-state index contributed by atoms with van der Waals surface area (Å²) in [4.78, 5) is 2.23. The van der Waals surface area contributed by atoms with Crippen molar-refractivity contribution in [3.05, 3.63) is 12.7 Å². The fourth-order valence-corrected chi connectivity index (χ4v) is 2.08. The summed E-state index contributed by atoms with van der Waals surface area (Å²) in [5, 5.41) is 8.83. The van der Waals surface area contributed by atoms with Crippen LogP contribution < -0.4 is 0 Å². The summed E-state index contributed by atoms with van der Waals surface area (Å²) in [6, 6.07) is 2.56. The van der Waals surface area contributed by atoms with E-state index in [9.17, 15) is 0 Å².